The highest BCUT2D eigenvalue weighted by Crippen LogP contribution is 2.23. The molecule has 20 heavy (non-hydrogen) atoms. The van der Waals surface area contributed by atoms with Crippen LogP contribution in [-0.4, -0.2) is 29.8 Å². The maximum absolute atomic E-state index is 12.7. The number of rotatable bonds is 2. The summed E-state index contributed by atoms with van der Waals surface area (Å²) in [7, 11) is 0. The van der Waals surface area contributed by atoms with Crippen molar-refractivity contribution in [3.63, 3.8) is 0 Å². The zero-order valence-electron chi connectivity index (χ0n) is 11.4. The fraction of sp³-hybridized carbons (Fsp3) is 0.353. The molecule has 104 valence electrons. The maximum atomic E-state index is 12.7. The number of fused-ring (bicyclic) bond motifs is 1. The molecule has 0 radical (unpaired) electrons. The van der Waals surface area contributed by atoms with E-state index in [1.807, 2.05) is 47.4 Å². The first kappa shape index (κ1) is 13.4. The predicted molar refractivity (Wildman–Crippen MR) is 83.3 cm³/mol. The van der Waals surface area contributed by atoms with Gasteiger partial charge in [-0.1, -0.05) is 36.4 Å². The molecule has 1 fully saturated rings. The van der Waals surface area contributed by atoms with Crippen LogP contribution in [0.4, 0.5) is 0 Å². The monoisotopic (exact) mass is 287 g/mol. The normalized spacial score (nSPS) is 16.6. The van der Waals surface area contributed by atoms with Crippen LogP contribution in [0.1, 0.15) is 23.2 Å². The second-order valence-electron chi connectivity index (χ2n) is 5.42. The quantitative estimate of drug-likeness (QED) is 0.767. The lowest BCUT2D eigenvalue weighted by Crippen LogP contribution is -2.38. The number of nitrogens with zero attached hydrogens (tertiary/aromatic N) is 1. The van der Waals surface area contributed by atoms with Crippen LogP contribution in [0.3, 0.4) is 0 Å². The molecule has 1 aliphatic rings. The molecule has 1 saturated heterocycles. The Bertz CT molecular complexity index is 612. The summed E-state index contributed by atoms with van der Waals surface area (Å²) in [5.41, 5.74) is 0.812. The molecule has 0 spiro atoms. The molecular weight excluding hydrogens is 270 g/mol. The third kappa shape index (κ3) is 2.53. The van der Waals surface area contributed by atoms with E-state index in [4.69, 9.17) is 11.6 Å². The maximum Gasteiger partial charge on any atom is 0.254 e. The Balaban J connectivity index is 1.86. The van der Waals surface area contributed by atoms with Gasteiger partial charge in [0.05, 0.1) is 0 Å². The van der Waals surface area contributed by atoms with Crippen LogP contribution < -0.4 is 0 Å². The van der Waals surface area contributed by atoms with Crippen molar-refractivity contribution in [3.8, 4) is 0 Å². The molecule has 3 rings (SSSR count). The van der Waals surface area contributed by atoms with E-state index >= 15 is 0 Å². The number of benzene rings is 2. The minimum absolute atomic E-state index is 0.148. The van der Waals surface area contributed by atoms with Gasteiger partial charge in [0.2, 0.25) is 0 Å². The molecule has 2 aromatic carbocycles. The summed E-state index contributed by atoms with van der Waals surface area (Å²) in [4.78, 5) is 14.7. The Labute approximate surface area is 124 Å². The van der Waals surface area contributed by atoms with Crippen molar-refractivity contribution in [1.29, 1.82) is 0 Å². The summed E-state index contributed by atoms with van der Waals surface area (Å²) < 4.78 is 0. The first-order chi connectivity index (χ1) is 9.79. The van der Waals surface area contributed by atoms with E-state index in [-0.39, 0.29) is 5.91 Å². The van der Waals surface area contributed by atoms with Gasteiger partial charge in [-0.05, 0) is 35.6 Å². The molecule has 0 unspecified atom stereocenters. The van der Waals surface area contributed by atoms with Gasteiger partial charge in [-0.3, -0.25) is 4.79 Å². The molecule has 1 amide bonds. The lowest BCUT2D eigenvalue weighted by Gasteiger charge is -2.31. The number of carbonyl (C=O) groups is 1. The molecule has 0 aromatic heterocycles. The largest absolute Gasteiger partial charge is 0.339 e. The lowest BCUT2D eigenvalue weighted by molar-refractivity contribution is 0.0700. The highest BCUT2D eigenvalue weighted by molar-refractivity contribution is 6.18. The van der Waals surface area contributed by atoms with Crippen molar-refractivity contribution in [2.45, 2.75) is 12.8 Å². The fourth-order valence-electron chi connectivity index (χ4n) is 2.87. The summed E-state index contributed by atoms with van der Waals surface area (Å²) in [5.74, 6) is 1.42. The second kappa shape index (κ2) is 5.84. The van der Waals surface area contributed by atoms with Crippen LogP contribution in [-0.2, 0) is 0 Å². The number of hydrogen-bond acceptors (Lipinski definition) is 1. The highest BCUT2D eigenvalue weighted by Gasteiger charge is 2.23. The Morgan fingerprint density at radius 1 is 1.10 bits per heavy atom. The van der Waals surface area contributed by atoms with Crippen LogP contribution in [0.15, 0.2) is 42.5 Å². The third-order valence-electron chi connectivity index (χ3n) is 4.14. The number of amides is 1. The van der Waals surface area contributed by atoms with E-state index < -0.39 is 0 Å². The van der Waals surface area contributed by atoms with Gasteiger partial charge in [0.15, 0.2) is 0 Å². The summed E-state index contributed by atoms with van der Waals surface area (Å²) >= 11 is 5.90. The summed E-state index contributed by atoms with van der Waals surface area (Å²) in [6.45, 7) is 1.64. The fourth-order valence-corrected chi connectivity index (χ4v) is 3.18. The number of carbonyl (C=O) groups excluding carboxylic acids is 1. The van der Waals surface area contributed by atoms with E-state index in [0.717, 1.165) is 42.3 Å². The number of alkyl halides is 1. The van der Waals surface area contributed by atoms with Crippen LogP contribution in [0, 0.1) is 5.92 Å². The summed E-state index contributed by atoms with van der Waals surface area (Å²) in [6.07, 6.45) is 2.03. The number of likely N-dealkylation sites (tertiary alicyclic amines) is 1. The molecule has 1 aliphatic heterocycles. The average Bonchev–Trinajstić information content (AvgIpc) is 2.54. The topological polar surface area (TPSA) is 20.3 Å². The molecule has 2 nitrogen and oxygen atoms in total. The highest BCUT2D eigenvalue weighted by atomic mass is 35.5. The minimum atomic E-state index is 0.148. The molecule has 2 aromatic rings. The van der Waals surface area contributed by atoms with Crippen molar-refractivity contribution in [1.82, 2.24) is 4.90 Å². The Morgan fingerprint density at radius 3 is 2.55 bits per heavy atom. The Morgan fingerprint density at radius 2 is 1.80 bits per heavy atom. The van der Waals surface area contributed by atoms with Gasteiger partial charge < -0.3 is 4.90 Å². The first-order valence-electron chi connectivity index (χ1n) is 7.12. The van der Waals surface area contributed by atoms with E-state index in [1.165, 1.54) is 0 Å². The first-order valence-corrected chi connectivity index (χ1v) is 7.66. The van der Waals surface area contributed by atoms with Crippen molar-refractivity contribution in [2.75, 3.05) is 19.0 Å². The smallest absolute Gasteiger partial charge is 0.254 e. The predicted octanol–water partition coefficient (Wildman–Crippen LogP) is 3.93. The molecular formula is C17H18ClNO. The standard InChI is InChI=1S/C17H18ClNO/c18-12-13-8-10-19(11-9-13)17(20)16-7-3-5-14-4-1-2-6-15(14)16/h1-7,13H,8-12H2. The van der Waals surface area contributed by atoms with Crippen molar-refractivity contribution >= 4 is 28.3 Å². The van der Waals surface area contributed by atoms with E-state index in [9.17, 15) is 4.79 Å². The second-order valence-corrected chi connectivity index (χ2v) is 5.73. The van der Waals surface area contributed by atoms with Gasteiger partial charge in [0, 0.05) is 24.5 Å². The van der Waals surface area contributed by atoms with Gasteiger partial charge >= 0.3 is 0 Å². The molecule has 3 heteroatoms. The number of piperidine rings is 1. The molecule has 1 heterocycles. The molecule has 0 N–H and O–H groups in total. The van der Waals surface area contributed by atoms with Crippen molar-refractivity contribution in [2.24, 2.45) is 5.92 Å². The van der Waals surface area contributed by atoms with Gasteiger partial charge in [0.25, 0.3) is 5.91 Å². The Hall–Kier alpha value is -1.54. The SMILES string of the molecule is O=C(c1cccc2ccccc12)N1CCC(CCl)CC1. The van der Waals surface area contributed by atoms with Crippen LogP contribution in [0.5, 0.6) is 0 Å². The molecule has 0 atom stereocenters. The number of halogens is 1. The van der Waals surface area contributed by atoms with Gasteiger partial charge in [-0.25, -0.2) is 0 Å². The summed E-state index contributed by atoms with van der Waals surface area (Å²) in [6, 6.07) is 14.0. The van der Waals surface area contributed by atoms with Crippen LogP contribution in [0.25, 0.3) is 10.8 Å². The zero-order valence-corrected chi connectivity index (χ0v) is 12.1. The summed E-state index contributed by atoms with van der Waals surface area (Å²) in [5, 5.41) is 2.16. The van der Waals surface area contributed by atoms with Crippen LogP contribution in [0.2, 0.25) is 0 Å². The zero-order chi connectivity index (χ0) is 13.9. The third-order valence-corrected chi connectivity index (χ3v) is 4.58. The average molecular weight is 288 g/mol. The van der Waals surface area contributed by atoms with E-state index in [2.05, 4.69) is 0 Å². The van der Waals surface area contributed by atoms with Crippen molar-refractivity contribution in [3.05, 3.63) is 48.0 Å². The van der Waals surface area contributed by atoms with Gasteiger partial charge in [-0.15, -0.1) is 11.6 Å². The van der Waals surface area contributed by atoms with Gasteiger partial charge in [-0.2, -0.15) is 0 Å². The minimum Gasteiger partial charge on any atom is -0.339 e. The van der Waals surface area contributed by atoms with Crippen LogP contribution >= 0.6 is 11.6 Å². The lowest BCUT2D eigenvalue weighted by atomic mass is 9.97. The molecule has 0 saturated carbocycles. The number of hydrogen-bond donors (Lipinski definition) is 0. The van der Waals surface area contributed by atoms with E-state index in [0.29, 0.717) is 11.8 Å². The molecule has 0 bridgehead atoms. The molecule has 0 aliphatic carbocycles. The Kier molecular flexibility index (Phi) is 3.93. The van der Waals surface area contributed by atoms with Crippen molar-refractivity contribution < 1.29 is 4.79 Å². The van der Waals surface area contributed by atoms with Gasteiger partial charge in [0.1, 0.15) is 0 Å². The van der Waals surface area contributed by atoms with E-state index in [1.54, 1.807) is 0 Å².